The lowest BCUT2D eigenvalue weighted by atomic mass is 9.97. The Balaban J connectivity index is 1.48. The molecule has 0 spiro atoms. The molecule has 0 saturated heterocycles. The second kappa shape index (κ2) is 11.8. The molecule has 12 nitrogen and oxygen atoms in total. The average molecular weight is 618 g/mol. The minimum atomic E-state index is -4.81. The third-order valence-electron chi connectivity index (χ3n) is 6.70. The fourth-order valence-electron chi connectivity index (χ4n) is 4.72. The van der Waals surface area contributed by atoms with Gasteiger partial charge in [-0.15, -0.1) is 0 Å². The molecule has 43 heavy (non-hydrogen) atoms. The maximum atomic E-state index is 14.0. The van der Waals surface area contributed by atoms with E-state index in [4.69, 9.17) is 14.9 Å². The van der Waals surface area contributed by atoms with E-state index in [0.29, 0.717) is 41.5 Å². The summed E-state index contributed by atoms with van der Waals surface area (Å²) in [6, 6.07) is 9.14. The molecule has 1 aliphatic heterocycles. The molecule has 2 aromatic carbocycles. The van der Waals surface area contributed by atoms with Crippen molar-refractivity contribution in [1.29, 1.82) is 0 Å². The molecule has 5 rings (SSSR count). The van der Waals surface area contributed by atoms with Crippen molar-refractivity contribution in [2.75, 3.05) is 24.3 Å². The van der Waals surface area contributed by atoms with Crippen LogP contribution in [-0.2, 0) is 30.0 Å². The predicted octanol–water partition coefficient (Wildman–Crippen LogP) is 4.49. The quantitative estimate of drug-likeness (QED) is 0.160. The molecule has 16 heteroatoms. The number of amides is 1. The zero-order chi connectivity index (χ0) is 30.9. The van der Waals surface area contributed by atoms with Crippen molar-refractivity contribution >= 4 is 36.6 Å². The lowest BCUT2D eigenvalue weighted by Gasteiger charge is -2.17. The van der Waals surface area contributed by atoms with Crippen LogP contribution in [0, 0.1) is 0 Å². The number of nitrogens with zero attached hydrogens (tertiary/aromatic N) is 5. The van der Waals surface area contributed by atoms with Crippen molar-refractivity contribution in [3.05, 3.63) is 77.2 Å². The Morgan fingerprint density at radius 1 is 1.07 bits per heavy atom. The molecule has 1 aliphatic rings. The number of aliphatic hydroxyl groups excluding tert-OH is 1. The van der Waals surface area contributed by atoms with Gasteiger partial charge in [0.2, 0.25) is 5.95 Å². The van der Waals surface area contributed by atoms with Gasteiger partial charge in [0.05, 0.1) is 23.6 Å². The summed E-state index contributed by atoms with van der Waals surface area (Å²) in [5.41, 5.74) is 2.01. The summed E-state index contributed by atoms with van der Waals surface area (Å²) in [7, 11) is -2.67. The first-order valence-corrected chi connectivity index (χ1v) is 14.8. The van der Waals surface area contributed by atoms with Crippen LogP contribution in [0.25, 0.3) is 11.1 Å². The Morgan fingerprint density at radius 3 is 2.49 bits per heavy atom. The van der Waals surface area contributed by atoms with Gasteiger partial charge in [-0.3, -0.25) is 14.0 Å². The van der Waals surface area contributed by atoms with Crippen LogP contribution in [0.4, 0.5) is 36.3 Å². The number of alkyl halides is 3. The maximum absolute atomic E-state index is 14.0. The number of aryl methyl sites for hydroxylation is 1. The first-order valence-electron chi connectivity index (χ1n) is 13.0. The summed E-state index contributed by atoms with van der Waals surface area (Å²) in [5.74, 6) is -1.12. The summed E-state index contributed by atoms with van der Waals surface area (Å²) in [6.07, 6.45) is -0.708. The Labute approximate surface area is 243 Å². The summed E-state index contributed by atoms with van der Waals surface area (Å²) in [4.78, 5) is 40.8. The molecular formula is C27H27F3N7O5P. The lowest BCUT2D eigenvalue weighted by Crippen LogP contribution is -2.18. The number of benzene rings is 2. The van der Waals surface area contributed by atoms with Gasteiger partial charge in [-0.1, -0.05) is 18.2 Å². The number of halogens is 3. The van der Waals surface area contributed by atoms with Gasteiger partial charge in [-0.05, 0) is 41.3 Å². The number of anilines is 4. The van der Waals surface area contributed by atoms with E-state index in [2.05, 4.69) is 25.7 Å². The average Bonchev–Trinajstić information content (AvgIpc) is 3.52. The van der Waals surface area contributed by atoms with Crippen LogP contribution in [0.5, 0.6) is 0 Å². The largest absolute Gasteiger partial charge is 0.421 e. The number of hydrogen-bond acceptors (Lipinski definition) is 8. The SMILES string of the molecule is CN1Cc2c(-c3cnn(CCCO)c3)ccc(Nc3nc(Nc4ccc(CP(=O)(O)O)cc4)ncc3C(F)(F)F)c2C1=O. The van der Waals surface area contributed by atoms with E-state index in [0.717, 1.165) is 5.56 Å². The Morgan fingerprint density at radius 2 is 1.81 bits per heavy atom. The zero-order valence-corrected chi connectivity index (χ0v) is 23.6. The molecular weight excluding hydrogens is 590 g/mol. The molecule has 0 unspecified atom stereocenters. The number of fused-ring (bicyclic) bond motifs is 1. The fourth-order valence-corrected chi connectivity index (χ4v) is 5.41. The monoisotopic (exact) mass is 617 g/mol. The Bertz CT molecular complexity index is 1710. The molecule has 0 saturated carbocycles. The van der Waals surface area contributed by atoms with E-state index < -0.39 is 31.3 Å². The van der Waals surface area contributed by atoms with Crippen molar-refractivity contribution in [3.8, 4) is 11.1 Å². The molecule has 226 valence electrons. The standard InChI is InChI=1S/C27H27F3N7O5P/c1-36-14-20-19(17-11-32-37(13-17)9-2-10-38)7-8-22(23(20)25(36)39)34-24-21(27(28,29)30)12-31-26(35-24)33-18-5-3-16(4-6-18)15-43(40,41)42/h3-8,11-13,38H,2,9-10,14-15H2,1H3,(H2,40,41,42)(H2,31,33,34,35). The topological polar surface area (TPSA) is 166 Å². The summed E-state index contributed by atoms with van der Waals surface area (Å²) >= 11 is 0. The minimum absolute atomic E-state index is 0.0100. The highest BCUT2D eigenvalue weighted by Crippen LogP contribution is 2.41. The van der Waals surface area contributed by atoms with Crippen LogP contribution in [0.15, 0.2) is 55.0 Å². The van der Waals surface area contributed by atoms with Crippen molar-refractivity contribution < 1.29 is 37.4 Å². The van der Waals surface area contributed by atoms with Gasteiger partial charge < -0.3 is 30.4 Å². The molecule has 0 radical (unpaired) electrons. The second-order valence-electron chi connectivity index (χ2n) is 9.97. The number of nitrogens with one attached hydrogen (secondary N) is 2. The van der Waals surface area contributed by atoms with Crippen molar-refractivity contribution in [3.63, 3.8) is 0 Å². The number of carbonyl (C=O) groups is 1. The van der Waals surface area contributed by atoms with Crippen LogP contribution >= 0.6 is 7.60 Å². The summed E-state index contributed by atoms with van der Waals surface area (Å²) in [5, 5.41) is 18.9. The Kier molecular flexibility index (Phi) is 8.25. The second-order valence-corrected chi connectivity index (χ2v) is 11.6. The van der Waals surface area contributed by atoms with E-state index in [1.807, 2.05) is 0 Å². The van der Waals surface area contributed by atoms with Crippen LogP contribution in [-0.4, -0.2) is 59.1 Å². The first-order chi connectivity index (χ1) is 20.3. The highest BCUT2D eigenvalue weighted by Gasteiger charge is 2.37. The van der Waals surface area contributed by atoms with Gasteiger partial charge in [0, 0.05) is 50.4 Å². The van der Waals surface area contributed by atoms with Crippen molar-refractivity contribution in [2.24, 2.45) is 0 Å². The third-order valence-corrected chi connectivity index (χ3v) is 7.48. The Hall–Kier alpha value is -4.30. The van der Waals surface area contributed by atoms with Crippen LogP contribution in [0.3, 0.4) is 0 Å². The molecule has 2 aromatic heterocycles. The van der Waals surface area contributed by atoms with E-state index in [1.165, 1.54) is 35.2 Å². The van der Waals surface area contributed by atoms with Gasteiger partial charge >= 0.3 is 13.8 Å². The molecule has 5 N–H and O–H groups in total. The molecule has 0 aliphatic carbocycles. The molecule has 4 aromatic rings. The first kappa shape index (κ1) is 30.2. The van der Waals surface area contributed by atoms with E-state index in [-0.39, 0.29) is 36.3 Å². The number of rotatable bonds is 10. The summed E-state index contributed by atoms with van der Waals surface area (Å²) < 4.78 is 54.8. The molecule has 0 bridgehead atoms. The van der Waals surface area contributed by atoms with Crippen molar-refractivity contribution in [2.45, 2.75) is 31.8 Å². The molecule has 0 fully saturated rings. The number of aromatic nitrogens is 4. The third kappa shape index (κ3) is 6.86. The van der Waals surface area contributed by atoms with Crippen LogP contribution in [0.2, 0.25) is 0 Å². The summed E-state index contributed by atoms with van der Waals surface area (Å²) in [6.45, 7) is 0.747. The van der Waals surface area contributed by atoms with Crippen LogP contribution in [0.1, 0.15) is 33.5 Å². The molecule has 3 heterocycles. The zero-order valence-electron chi connectivity index (χ0n) is 22.7. The maximum Gasteiger partial charge on any atom is 0.421 e. The minimum Gasteiger partial charge on any atom is -0.396 e. The van der Waals surface area contributed by atoms with Gasteiger partial charge in [-0.25, -0.2) is 4.98 Å². The van der Waals surface area contributed by atoms with E-state index >= 15 is 0 Å². The predicted molar refractivity (Wildman–Crippen MR) is 151 cm³/mol. The van der Waals surface area contributed by atoms with Crippen molar-refractivity contribution in [1.82, 2.24) is 24.6 Å². The van der Waals surface area contributed by atoms with Gasteiger partial charge in [0.1, 0.15) is 11.4 Å². The molecule has 1 amide bonds. The van der Waals surface area contributed by atoms with Gasteiger partial charge in [0.15, 0.2) is 0 Å². The smallest absolute Gasteiger partial charge is 0.396 e. The fraction of sp³-hybridized carbons (Fsp3) is 0.259. The van der Waals surface area contributed by atoms with E-state index in [1.54, 1.807) is 30.2 Å². The number of aliphatic hydroxyl groups is 1. The highest BCUT2D eigenvalue weighted by molar-refractivity contribution is 7.50. The number of hydrogen-bond donors (Lipinski definition) is 5. The molecule has 0 atom stereocenters. The van der Waals surface area contributed by atoms with Crippen LogP contribution < -0.4 is 10.6 Å². The van der Waals surface area contributed by atoms with Gasteiger partial charge in [-0.2, -0.15) is 23.3 Å². The highest BCUT2D eigenvalue weighted by atomic mass is 31.2. The lowest BCUT2D eigenvalue weighted by molar-refractivity contribution is -0.137. The van der Waals surface area contributed by atoms with E-state index in [9.17, 15) is 22.5 Å². The normalized spacial score (nSPS) is 13.4. The van der Waals surface area contributed by atoms with Gasteiger partial charge in [0.25, 0.3) is 5.91 Å². The number of carbonyl (C=O) groups excluding carboxylic acids is 1.